The number of carbonyl (C=O) groups is 2. The van der Waals surface area contributed by atoms with E-state index in [4.69, 9.17) is 21.1 Å². The average molecular weight is 496 g/mol. The van der Waals surface area contributed by atoms with E-state index >= 15 is 0 Å². The van der Waals surface area contributed by atoms with Gasteiger partial charge in [0.05, 0.1) is 13.0 Å². The lowest BCUT2D eigenvalue weighted by molar-refractivity contribution is -0.151. The van der Waals surface area contributed by atoms with E-state index in [0.717, 1.165) is 16.5 Å². The molecule has 1 aliphatic rings. The van der Waals surface area contributed by atoms with Crippen LogP contribution < -0.4 is 4.90 Å². The standard InChI is InChI=1S/C28H30ClNO5/c1-5-34-25(32)15-24-27(33)30(16-28(2,3)4)22-12-10-17(29)14-21(22)26(35-24)20-11-13-23(31)19-9-7-6-8-18(19)20/h6-14,24,26,31H,5,15-16H2,1-4H3/t24-,26-/m1/s1. The number of phenols is 1. The van der Waals surface area contributed by atoms with Crippen LogP contribution in [0.25, 0.3) is 10.8 Å². The smallest absolute Gasteiger partial charge is 0.308 e. The predicted octanol–water partition coefficient (Wildman–Crippen LogP) is 6.02. The lowest BCUT2D eigenvalue weighted by atomic mass is 9.92. The highest BCUT2D eigenvalue weighted by molar-refractivity contribution is 6.30. The van der Waals surface area contributed by atoms with Gasteiger partial charge in [-0.3, -0.25) is 9.59 Å². The van der Waals surface area contributed by atoms with Crippen LogP contribution in [0.2, 0.25) is 5.02 Å². The van der Waals surface area contributed by atoms with Gasteiger partial charge < -0.3 is 19.5 Å². The van der Waals surface area contributed by atoms with Crippen molar-refractivity contribution in [1.82, 2.24) is 0 Å². The van der Waals surface area contributed by atoms with Crippen LogP contribution in [-0.4, -0.2) is 36.2 Å². The highest BCUT2D eigenvalue weighted by atomic mass is 35.5. The number of phenolic OH excluding ortho intramolecular Hbond substituents is 1. The van der Waals surface area contributed by atoms with Gasteiger partial charge in [-0.15, -0.1) is 0 Å². The summed E-state index contributed by atoms with van der Waals surface area (Å²) in [7, 11) is 0. The summed E-state index contributed by atoms with van der Waals surface area (Å²) in [5.74, 6) is -0.653. The van der Waals surface area contributed by atoms with Gasteiger partial charge in [0.25, 0.3) is 5.91 Å². The minimum absolute atomic E-state index is 0.151. The largest absolute Gasteiger partial charge is 0.507 e. The topological polar surface area (TPSA) is 76.1 Å². The van der Waals surface area contributed by atoms with E-state index < -0.39 is 18.2 Å². The summed E-state index contributed by atoms with van der Waals surface area (Å²) in [6.07, 6.45) is -1.97. The Morgan fingerprint density at radius 3 is 2.49 bits per heavy atom. The fourth-order valence-corrected chi connectivity index (χ4v) is 4.67. The lowest BCUT2D eigenvalue weighted by Gasteiger charge is -2.31. The van der Waals surface area contributed by atoms with E-state index in [1.807, 2.05) is 51.1 Å². The molecule has 0 radical (unpaired) electrons. The first kappa shape index (κ1) is 25.0. The number of ether oxygens (including phenoxy) is 2. The van der Waals surface area contributed by atoms with Crippen LogP contribution in [0.3, 0.4) is 0 Å². The molecule has 0 bridgehead atoms. The van der Waals surface area contributed by atoms with Crippen molar-refractivity contribution in [2.24, 2.45) is 5.41 Å². The maximum Gasteiger partial charge on any atom is 0.308 e. The molecule has 3 aromatic carbocycles. The van der Waals surface area contributed by atoms with Crippen molar-refractivity contribution in [3.05, 3.63) is 70.7 Å². The van der Waals surface area contributed by atoms with Crippen LogP contribution in [0, 0.1) is 5.41 Å². The normalized spacial score (nSPS) is 18.3. The first-order valence-electron chi connectivity index (χ1n) is 11.7. The van der Waals surface area contributed by atoms with Crippen molar-refractivity contribution in [3.8, 4) is 5.75 Å². The Bertz CT molecular complexity index is 1270. The Labute approximate surface area is 210 Å². The molecule has 1 amide bonds. The summed E-state index contributed by atoms with van der Waals surface area (Å²) >= 11 is 6.43. The molecule has 0 saturated heterocycles. The summed E-state index contributed by atoms with van der Waals surface area (Å²) in [5.41, 5.74) is 1.95. The van der Waals surface area contributed by atoms with Gasteiger partial charge in [0.2, 0.25) is 0 Å². The third kappa shape index (κ3) is 5.29. The van der Waals surface area contributed by atoms with Gasteiger partial charge in [-0.2, -0.15) is 0 Å². The Kier molecular flexibility index (Phi) is 7.06. The molecular weight excluding hydrogens is 466 g/mol. The van der Waals surface area contributed by atoms with Gasteiger partial charge in [0.1, 0.15) is 18.0 Å². The van der Waals surface area contributed by atoms with Crippen LogP contribution in [0.5, 0.6) is 5.75 Å². The molecular formula is C28H30ClNO5. The number of esters is 1. The second kappa shape index (κ2) is 9.88. The number of hydrogen-bond acceptors (Lipinski definition) is 5. The molecule has 7 heteroatoms. The Balaban J connectivity index is 1.93. The zero-order chi connectivity index (χ0) is 25.3. The van der Waals surface area contributed by atoms with E-state index in [0.29, 0.717) is 22.6 Å². The van der Waals surface area contributed by atoms with E-state index in [1.54, 1.807) is 36.1 Å². The van der Waals surface area contributed by atoms with Gasteiger partial charge in [-0.1, -0.05) is 62.7 Å². The second-order valence-corrected chi connectivity index (χ2v) is 10.4. The van der Waals surface area contributed by atoms with E-state index in [2.05, 4.69) is 0 Å². The molecule has 0 spiro atoms. The van der Waals surface area contributed by atoms with Gasteiger partial charge in [-0.05, 0) is 47.6 Å². The quantitative estimate of drug-likeness (QED) is 0.438. The van der Waals surface area contributed by atoms with Crippen molar-refractivity contribution >= 4 is 39.9 Å². The second-order valence-electron chi connectivity index (χ2n) is 9.92. The highest BCUT2D eigenvalue weighted by Gasteiger charge is 2.39. The SMILES string of the molecule is CCOC(=O)C[C@H]1O[C@H](c2ccc(O)c3ccccc23)c2cc(Cl)ccc2N(CC(C)(C)C)C1=O. The molecule has 6 nitrogen and oxygen atoms in total. The van der Waals surface area contributed by atoms with Crippen LogP contribution in [0.15, 0.2) is 54.6 Å². The Hall–Kier alpha value is -3.09. The first-order valence-corrected chi connectivity index (χ1v) is 12.1. The van der Waals surface area contributed by atoms with E-state index in [9.17, 15) is 14.7 Å². The molecule has 0 fully saturated rings. The van der Waals surface area contributed by atoms with Crippen LogP contribution in [0.1, 0.15) is 51.3 Å². The van der Waals surface area contributed by atoms with E-state index in [-0.39, 0.29) is 30.1 Å². The maximum absolute atomic E-state index is 13.8. The van der Waals surface area contributed by atoms with Crippen LogP contribution >= 0.6 is 11.6 Å². The van der Waals surface area contributed by atoms with Crippen molar-refractivity contribution in [2.45, 2.75) is 46.3 Å². The Morgan fingerprint density at radius 1 is 1.09 bits per heavy atom. The molecule has 1 N–H and O–H groups in total. The van der Waals surface area contributed by atoms with Crippen molar-refractivity contribution < 1.29 is 24.2 Å². The summed E-state index contributed by atoms with van der Waals surface area (Å²) in [5, 5.41) is 12.4. The maximum atomic E-state index is 13.8. The van der Waals surface area contributed by atoms with Crippen LogP contribution in [-0.2, 0) is 19.1 Å². The zero-order valence-corrected chi connectivity index (χ0v) is 21.1. The zero-order valence-electron chi connectivity index (χ0n) is 20.4. The third-order valence-corrected chi connectivity index (χ3v) is 6.15. The van der Waals surface area contributed by atoms with Gasteiger partial charge in [0, 0.05) is 28.2 Å². The number of aromatic hydroxyl groups is 1. The molecule has 1 heterocycles. The number of rotatable bonds is 5. The number of fused-ring (bicyclic) bond motifs is 2. The summed E-state index contributed by atoms with van der Waals surface area (Å²) in [6, 6.07) is 16.3. The molecule has 2 atom stereocenters. The third-order valence-electron chi connectivity index (χ3n) is 5.91. The molecule has 3 aromatic rings. The number of hydrogen-bond donors (Lipinski definition) is 1. The fourth-order valence-electron chi connectivity index (χ4n) is 4.49. The molecule has 0 saturated carbocycles. The fraction of sp³-hybridized carbons (Fsp3) is 0.357. The monoisotopic (exact) mass is 495 g/mol. The highest BCUT2D eigenvalue weighted by Crippen LogP contribution is 2.43. The predicted molar refractivity (Wildman–Crippen MR) is 137 cm³/mol. The molecule has 0 unspecified atom stereocenters. The van der Waals surface area contributed by atoms with Gasteiger partial charge in [0.15, 0.2) is 0 Å². The lowest BCUT2D eigenvalue weighted by Crippen LogP contribution is -2.44. The van der Waals surface area contributed by atoms with Crippen LogP contribution in [0.4, 0.5) is 5.69 Å². The number of carbonyl (C=O) groups excluding carboxylic acids is 2. The summed E-state index contributed by atoms with van der Waals surface area (Å²) in [6.45, 7) is 8.51. The number of benzene rings is 3. The van der Waals surface area contributed by atoms with Gasteiger partial charge >= 0.3 is 5.97 Å². The van der Waals surface area contributed by atoms with E-state index in [1.165, 1.54) is 0 Å². The number of halogens is 1. The number of anilines is 1. The summed E-state index contributed by atoms with van der Waals surface area (Å²) < 4.78 is 11.6. The average Bonchev–Trinajstić information content (AvgIpc) is 2.89. The number of amides is 1. The number of nitrogens with zero attached hydrogens (tertiary/aromatic N) is 1. The molecule has 0 aromatic heterocycles. The molecule has 35 heavy (non-hydrogen) atoms. The molecule has 1 aliphatic heterocycles. The molecule has 4 rings (SSSR count). The van der Waals surface area contributed by atoms with Crippen molar-refractivity contribution in [3.63, 3.8) is 0 Å². The minimum atomic E-state index is -1.06. The minimum Gasteiger partial charge on any atom is -0.507 e. The Morgan fingerprint density at radius 2 is 1.80 bits per heavy atom. The molecule has 0 aliphatic carbocycles. The van der Waals surface area contributed by atoms with Crippen molar-refractivity contribution in [1.29, 1.82) is 0 Å². The van der Waals surface area contributed by atoms with Crippen molar-refractivity contribution in [2.75, 3.05) is 18.1 Å². The van der Waals surface area contributed by atoms with Gasteiger partial charge in [-0.25, -0.2) is 0 Å². The molecule has 184 valence electrons. The summed E-state index contributed by atoms with van der Waals surface area (Å²) in [4.78, 5) is 28.0. The first-order chi connectivity index (χ1) is 16.6.